The van der Waals surface area contributed by atoms with E-state index in [2.05, 4.69) is 36.2 Å². The van der Waals surface area contributed by atoms with E-state index in [0.717, 1.165) is 25.2 Å². The molecule has 2 aromatic rings. The van der Waals surface area contributed by atoms with Crippen LogP contribution < -0.4 is 5.32 Å². The fourth-order valence-electron chi connectivity index (χ4n) is 2.50. The van der Waals surface area contributed by atoms with E-state index in [1.54, 1.807) is 18.2 Å². The second-order valence-electron chi connectivity index (χ2n) is 5.88. The van der Waals surface area contributed by atoms with Crippen molar-refractivity contribution in [1.82, 2.24) is 10.2 Å². The van der Waals surface area contributed by atoms with Gasteiger partial charge in [-0.15, -0.1) is 0 Å². The van der Waals surface area contributed by atoms with Crippen LogP contribution in [0.15, 0.2) is 54.6 Å². The lowest BCUT2D eigenvalue weighted by Crippen LogP contribution is -2.22. The van der Waals surface area contributed by atoms with Gasteiger partial charge in [0.2, 0.25) is 5.91 Å². The molecule has 3 nitrogen and oxygen atoms in total. The van der Waals surface area contributed by atoms with Crippen LogP contribution in [-0.4, -0.2) is 23.9 Å². The molecule has 0 fully saturated rings. The first-order valence-electron chi connectivity index (χ1n) is 8.62. The normalized spacial score (nSPS) is 11.2. The predicted octanol–water partition coefficient (Wildman–Crippen LogP) is 4.00. The number of hydrogen-bond donors (Lipinski definition) is 1. The predicted molar refractivity (Wildman–Crippen MR) is 100 cm³/mol. The van der Waals surface area contributed by atoms with Crippen LogP contribution in [-0.2, 0) is 17.9 Å². The fourth-order valence-corrected chi connectivity index (χ4v) is 2.50. The Kier molecular flexibility index (Phi) is 7.36. The minimum atomic E-state index is -0.313. The molecular formula is C21H25FN2O. The monoisotopic (exact) mass is 340 g/mol. The zero-order valence-electron chi connectivity index (χ0n) is 14.8. The Balaban J connectivity index is 1.83. The Bertz CT molecular complexity index is 706. The Morgan fingerprint density at radius 2 is 1.76 bits per heavy atom. The number of nitrogens with one attached hydrogen (secondary N) is 1. The Morgan fingerprint density at radius 1 is 1.08 bits per heavy atom. The van der Waals surface area contributed by atoms with E-state index in [1.807, 2.05) is 12.1 Å². The van der Waals surface area contributed by atoms with Crippen molar-refractivity contribution in [1.29, 1.82) is 0 Å². The lowest BCUT2D eigenvalue weighted by Gasteiger charge is -2.18. The highest BCUT2D eigenvalue weighted by Crippen LogP contribution is 2.08. The van der Waals surface area contributed by atoms with Gasteiger partial charge < -0.3 is 5.32 Å². The number of rotatable bonds is 8. The summed E-state index contributed by atoms with van der Waals surface area (Å²) >= 11 is 0. The number of hydrogen-bond acceptors (Lipinski definition) is 2. The van der Waals surface area contributed by atoms with Crippen molar-refractivity contribution in [2.75, 3.05) is 13.1 Å². The molecule has 0 heterocycles. The third-order valence-electron chi connectivity index (χ3n) is 4.07. The molecule has 0 atom stereocenters. The van der Waals surface area contributed by atoms with Crippen molar-refractivity contribution in [3.8, 4) is 0 Å². The first-order chi connectivity index (χ1) is 12.1. The van der Waals surface area contributed by atoms with Crippen LogP contribution in [0.2, 0.25) is 0 Å². The van der Waals surface area contributed by atoms with Crippen molar-refractivity contribution >= 4 is 12.0 Å². The number of carbonyl (C=O) groups is 1. The van der Waals surface area contributed by atoms with E-state index in [4.69, 9.17) is 0 Å². The van der Waals surface area contributed by atoms with Crippen molar-refractivity contribution in [3.63, 3.8) is 0 Å². The smallest absolute Gasteiger partial charge is 0.244 e. The maximum Gasteiger partial charge on any atom is 0.244 e. The van der Waals surface area contributed by atoms with Gasteiger partial charge in [-0.2, -0.15) is 0 Å². The van der Waals surface area contributed by atoms with Gasteiger partial charge in [-0.3, -0.25) is 9.69 Å². The van der Waals surface area contributed by atoms with Gasteiger partial charge >= 0.3 is 0 Å². The molecule has 0 radical (unpaired) electrons. The number of carbonyl (C=O) groups excluding carboxylic acids is 1. The van der Waals surface area contributed by atoms with Gasteiger partial charge in [-0.05, 0) is 48.0 Å². The van der Waals surface area contributed by atoms with E-state index < -0.39 is 0 Å². The van der Waals surface area contributed by atoms with Gasteiger partial charge in [0.15, 0.2) is 0 Å². The Labute approximate surface area is 149 Å². The summed E-state index contributed by atoms with van der Waals surface area (Å²) in [5, 5.41) is 2.84. The third kappa shape index (κ3) is 6.51. The van der Waals surface area contributed by atoms with Gasteiger partial charge in [0.1, 0.15) is 5.82 Å². The SMILES string of the molecule is CCN(CC)Cc1ccc(CNC(=O)/C=C/c2cccc(F)c2)cc1. The van der Waals surface area contributed by atoms with Crippen LogP contribution >= 0.6 is 0 Å². The number of amides is 1. The summed E-state index contributed by atoms with van der Waals surface area (Å²) in [5.74, 6) is -0.510. The van der Waals surface area contributed by atoms with Crippen molar-refractivity contribution in [2.24, 2.45) is 0 Å². The minimum Gasteiger partial charge on any atom is -0.348 e. The summed E-state index contributed by atoms with van der Waals surface area (Å²) in [6, 6.07) is 14.4. The lowest BCUT2D eigenvalue weighted by atomic mass is 10.1. The number of benzene rings is 2. The molecular weight excluding hydrogens is 315 g/mol. The molecule has 132 valence electrons. The van der Waals surface area contributed by atoms with Crippen LogP contribution in [0.25, 0.3) is 6.08 Å². The molecule has 4 heteroatoms. The second-order valence-corrected chi connectivity index (χ2v) is 5.88. The summed E-state index contributed by atoms with van der Waals surface area (Å²) < 4.78 is 13.1. The highest BCUT2D eigenvalue weighted by molar-refractivity contribution is 5.91. The molecule has 0 aliphatic rings. The quantitative estimate of drug-likeness (QED) is 0.737. The van der Waals surface area contributed by atoms with Gasteiger partial charge in [0.25, 0.3) is 0 Å². The number of nitrogens with zero attached hydrogens (tertiary/aromatic N) is 1. The summed E-state index contributed by atoms with van der Waals surface area (Å²) in [6.07, 6.45) is 3.02. The van der Waals surface area contributed by atoms with E-state index in [0.29, 0.717) is 12.1 Å². The summed E-state index contributed by atoms with van der Waals surface area (Å²) in [6.45, 7) is 7.79. The van der Waals surface area contributed by atoms with Crippen molar-refractivity contribution < 1.29 is 9.18 Å². The van der Waals surface area contributed by atoms with Crippen LogP contribution in [0.4, 0.5) is 4.39 Å². The maximum absolute atomic E-state index is 13.1. The molecule has 0 unspecified atom stereocenters. The van der Waals surface area contributed by atoms with Crippen LogP contribution in [0.3, 0.4) is 0 Å². The molecule has 0 aliphatic carbocycles. The van der Waals surface area contributed by atoms with Gasteiger partial charge in [-0.1, -0.05) is 50.2 Å². The average molecular weight is 340 g/mol. The zero-order chi connectivity index (χ0) is 18.1. The molecule has 1 amide bonds. The van der Waals surface area contributed by atoms with E-state index in [-0.39, 0.29) is 11.7 Å². The molecule has 1 N–H and O–H groups in total. The summed E-state index contributed by atoms with van der Waals surface area (Å²) in [5.41, 5.74) is 2.98. The highest BCUT2D eigenvalue weighted by atomic mass is 19.1. The van der Waals surface area contributed by atoms with Crippen LogP contribution in [0.5, 0.6) is 0 Å². The largest absolute Gasteiger partial charge is 0.348 e. The molecule has 25 heavy (non-hydrogen) atoms. The maximum atomic E-state index is 13.1. The first kappa shape index (κ1) is 18.9. The molecule has 0 saturated heterocycles. The Hall–Kier alpha value is -2.46. The Morgan fingerprint density at radius 3 is 2.40 bits per heavy atom. The van der Waals surface area contributed by atoms with Gasteiger partial charge in [0.05, 0.1) is 0 Å². The fraction of sp³-hybridized carbons (Fsp3) is 0.286. The average Bonchev–Trinajstić information content (AvgIpc) is 2.63. The van der Waals surface area contributed by atoms with Gasteiger partial charge in [0, 0.05) is 19.2 Å². The van der Waals surface area contributed by atoms with Crippen molar-refractivity contribution in [2.45, 2.75) is 26.9 Å². The molecule has 0 aromatic heterocycles. The van der Waals surface area contributed by atoms with E-state index in [9.17, 15) is 9.18 Å². The molecule has 2 aromatic carbocycles. The van der Waals surface area contributed by atoms with Crippen LogP contribution in [0.1, 0.15) is 30.5 Å². The summed E-state index contributed by atoms with van der Waals surface area (Å²) in [7, 11) is 0. The van der Waals surface area contributed by atoms with Crippen molar-refractivity contribution in [3.05, 3.63) is 77.1 Å². The van der Waals surface area contributed by atoms with E-state index in [1.165, 1.54) is 23.8 Å². The second kappa shape index (κ2) is 9.74. The topological polar surface area (TPSA) is 32.3 Å². The molecule has 0 saturated carbocycles. The molecule has 0 aliphatic heterocycles. The van der Waals surface area contributed by atoms with E-state index >= 15 is 0 Å². The van der Waals surface area contributed by atoms with Crippen LogP contribution in [0, 0.1) is 5.82 Å². The standard InChI is InChI=1S/C21H25FN2O/c1-3-24(4-2)16-19-10-8-18(9-11-19)15-23-21(25)13-12-17-6-5-7-20(22)14-17/h5-14H,3-4,15-16H2,1-2H3,(H,23,25)/b13-12+. The molecule has 0 spiro atoms. The van der Waals surface area contributed by atoms with Gasteiger partial charge in [-0.25, -0.2) is 4.39 Å². The molecule has 0 bridgehead atoms. The first-order valence-corrected chi connectivity index (χ1v) is 8.62. The molecule has 2 rings (SSSR count). The third-order valence-corrected chi connectivity index (χ3v) is 4.07. The minimum absolute atomic E-state index is 0.198. The highest BCUT2D eigenvalue weighted by Gasteiger charge is 2.02. The zero-order valence-corrected chi connectivity index (χ0v) is 14.8. The number of halogens is 1. The summed E-state index contributed by atoms with van der Waals surface area (Å²) in [4.78, 5) is 14.2. The lowest BCUT2D eigenvalue weighted by molar-refractivity contribution is -0.116.